The molecule has 0 spiro atoms. The molecule has 1 aromatic heterocycles. The zero-order valence-electron chi connectivity index (χ0n) is 16.9. The molecule has 4 aromatic rings. The number of hydrogen-bond acceptors (Lipinski definition) is 5. The molecule has 0 aliphatic carbocycles. The fourth-order valence-electron chi connectivity index (χ4n) is 3.16. The molecule has 0 radical (unpaired) electrons. The van der Waals surface area contributed by atoms with Crippen LogP contribution in [0.2, 0.25) is 5.02 Å². The number of methoxy groups -OCH3 is 1. The molecule has 0 N–H and O–H groups in total. The highest BCUT2D eigenvalue weighted by molar-refractivity contribution is 7.98. The first-order valence-corrected chi connectivity index (χ1v) is 11.1. The monoisotopic (exact) mass is 449 g/mol. The molecule has 4 rings (SSSR count). The first kappa shape index (κ1) is 21.2. The second kappa shape index (κ2) is 9.86. The Hall–Kier alpha value is -3.02. The Labute approximate surface area is 190 Å². The van der Waals surface area contributed by atoms with E-state index in [-0.39, 0.29) is 0 Å². The van der Waals surface area contributed by atoms with Crippen LogP contribution in [0.25, 0.3) is 10.9 Å². The molecule has 0 aliphatic heterocycles. The van der Waals surface area contributed by atoms with Crippen molar-refractivity contribution in [1.82, 2.24) is 4.98 Å². The van der Waals surface area contributed by atoms with Crippen LogP contribution in [0.1, 0.15) is 21.5 Å². The van der Waals surface area contributed by atoms with Crippen molar-refractivity contribution in [3.63, 3.8) is 0 Å². The number of carbonyl (C=O) groups is 1. The normalized spacial score (nSPS) is 10.8. The van der Waals surface area contributed by atoms with Crippen LogP contribution in [0.3, 0.4) is 0 Å². The van der Waals surface area contributed by atoms with E-state index in [0.29, 0.717) is 33.7 Å². The van der Waals surface area contributed by atoms with Crippen LogP contribution in [0.5, 0.6) is 5.75 Å². The van der Waals surface area contributed by atoms with Gasteiger partial charge in [-0.2, -0.15) is 0 Å². The summed E-state index contributed by atoms with van der Waals surface area (Å²) in [4.78, 5) is 17.5. The van der Waals surface area contributed by atoms with Crippen molar-refractivity contribution in [2.75, 3.05) is 7.11 Å². The Balaban J connectivity index is 1.75. The van der Waals surface area contributed by atoms with Gasteiger partial charge < -0.3 is 9.47 Å². The first-order chi connectivity index (χ1) is 15.2. The lowest BCUT2D eigenvalue weighted by atomic mass is 10.1. The number of benzene rings is 3. The van der Waals surface area contributed by atoms with Gasteiger partial charge in [-0.1, -0.05) is 66.2 Å². The molecule has 0 saturated carbocycles. The summed E-state index contributed by atoms with van der Waals surface area (Å²) >= 11 is 7.45. The van der Waals surface area contributed by atoms with Gasteiger partial charge in [-0.05, 0) is 35.4 Å². The second-order valence-electron chi connectivity index (χ2n) is 6.82. The highest BCUT2D eigenvalue weighted by Crippen LogP contribution is 2.37. The van der Waals surface area contributed by atoms with E-state index in [1.165, 1.54) is 18.9 Å². The second-order valence-corrected chi connectivity index (χ2v) is 8.22. The van der Waals surface area contributed by atoms with Crippen LogP contribution in [0, 0.1) is 0 Å². The summed E-state index contributed by atoms with van der Waals surface area (Å²) in [5, 5.41) is 2.03. The van der Waals surface area contributed by atoms with Gasteiger partial charge in [-0.3, -0.25) is 0 Å². The average Bonchev–Trinajstić information content (AvgIpc) is 2.82. The molecule has 0 bridgehead atoms. The summed E-state index contributed by atoms with van der Waals surface area (Å²) < 4.78 is 11.3. The molecule has 156 valence electrons. The van der Waals surface area contributed by atoms with Crippen molar-refractivity contribution in [3.8, 4) is 5.75 Å². The van der Waals surface area contributed by atoms with E-state index in [9.17, 15) is 4.79 Å². The minimum absolute atomic E-state index is 0.333. The average molecular weight is 450 g/mol. The molecule has 31 heavy (non-hydrogen) atoms. The zero-order valence-corrected chi connectivity index (χ0v) is 18.5. The molecule has 6 heteroatoms. The van der Waals surface area contributed by atoms with Gasteiger partial charge in [-0.15, -0.1) is 11.8 Å². The lowest BCUT2D eigenvalue weighted by Crippen LogP contribution is -2.10. The number of nitrogens with zero attached hydrogens (tertiary/aromatic N) is 1. The largest absolute Gasteiger partial charge is 0.487 e. The summed E-state index contributed by atoms with van der Waals surface area (Å²) in [5.41, 5.74) is 3.19. The third kappa shape index (κ3) is 5.01. The van der Waals surface area contributed by atoms with Gasteiger partial charge in [-0.25, -0.2) is 9.78 Å². The number of thioether (sulfide) groups is 1. The van der Waals surface area contributed by atoms with Gasteiger partial charge in [0.25, 0.3) is 0 Å². The maximum Gasteiger partial charge on any atom is 0.344 e. The number of fused-ring (bicyclic) bond motifs is 1. The van der Waals surface area contributed by atoms with E-state index < -0.39 is 5.97 Å². The van der Waals surface area contributed by atoms with Gasteiger partial charge in [0.1, 0.15) is 22.9 Å². The maximum absolute atomic E-state index is 12.8. The van der Waals surface area contributed by atoms with Crippen LogP contribution in [0.4, 0.5) is 0 Å². The SMILES string of the molecule is COC(=O)c1c(SCc2ccc(Cl)cc2)nc2ccccc2c1OCc1ccccc1. The number of rotatable bonds is 7. The molecule has 0 aliphatic rings. The standard InChI is InChI=1S/C25H20ClNO3S/c1-29-25(28)22-23(30-15-17-7-3-2-4-8-17)20-9-5-6-10-21(20)27-24(22)31-16-18-11-13-19(26)14-12-18/h2-14H,15-16H2,1H3. The summed E-state index contributed by atoms with van der Waals surface area (Å²) in [7, 11) is 1.37. The number of hydrogen-bond donors (Lipinski definition) is 0. The number of ether oxygens (including phenoxy) is 2. The maximum atomic E-state index is 12.8. The molecule has 0 unspecified atom stereocenters. The van der Waals surface area contributed by atoms with Crippen molar-refractivity contribution in [3.05, 3.63) is 101 Å². The molecular weight excluding hydrogens is 430 g/mol. The van der Waals surface area contributed by atoms with Gasteiger partial charge >= 0.3 is 5.97 Å². The van der Waals surface area contributed by atoms with Crippen LogP contribution >= 0.6 is 23.4 Å². The Morgan fingerprint density at radius 3 is 2.39 bits per heavy atom. The number of para-hydroxylation sites is 1. The Morgan fingerprint density at radius 1 is 0.935 bits per heavy atom. The third-order valence-electron chi connectivity index (χ3n) is 4.72. The zero-order chi connectivity index (χ0) is 21.6. The van der Waals surface area contributed by atoms with Gasteiger partial charge in [0.2, 0.25) is 0 Å². The first-order valence-electron chi connectivity index (χ1n) is 9.70. The number of carbonyl (C=O) groups excluding carboxylic acids is 1. The van der Waals surface area contributed by atoms with Crippen molar-refractivity contribution in [1.29, 1.82) is 0 Å². The minimum Gasteiger partial charge on any atom is -0.487 e. The van der Waals surface area contributed by atoms with Crippen molar-refractivity contribution in [2.45, 2.75) is 17.4 Å². The highest BCUT2D eigenvalue weighted by Gasteiger charge is 2.24. The molecule has 4 nitrogen and oxygen atoms in total. The van der Waals surface area contributed by atoms with E-state index in [1.54, 1.807) is 0 Å². The van der Waals surface area contributed by atoms with E-state index in [0.717, 1.165) is 22.0 Å². The lowest BCUT2D eigenvalue weighted by Gasteiger charge is -2.16. The molecule has 0 amide bonds. The van der Waals surface area contributed by atoms with E-state index in [1.807, 2.05) is 78.9 Å². The predicted molar refractivity (Wildman–Crippen MR) is 125 cm³/mol. The molecule has 1 heterocycles. The third-order valence-corrected chi connectivity index (χ3v) is 6.01. The number of esters is 1. The Kier molecular flexibility index (Phi) is 6.75. The van der Waals surface area contributed by atoms with Crippen LogP contribution in [-0.4, -0.2) is 18.1 Å². The number of halogens is 1. The van der Waals surface area contributed by atoms with Crippen LogP contribution in [-0.2, 0) is 17.1 Å². The van der Waals surface area contributed by atoms with E-state index in [2.05, 4.69) is 0 Å². The molecule has 3 aromatic carbocycles. The fraction of sp³-hybridized carbons (Fsp3) is 0.120. The van der Waals surface area contributed by atoms with Gasteiger partial charge in [0, 0.05) is 16.2 Å². The van der Waals surface area contributed by atoms with Crippen molar-refractivity contribution in [2.24, 2.45) is 0 Å². The summed E-state index contributed by atoms with van der Waals surface area (Å²) in [5.74, 6) is 0.643. The van der Waals surface area contributed by atoms with E-state index >= 15 is 0 Å². The van der Waals surface area contributed by atoms with E-state index in [4.69, 9.17) is 26.1 Å². The van der Waals surface area contributed by atoms with Gasteiger partial charge in [0.15, 0.2) is 0 Å². The van der Waals surface area contributed by atoms with Crippen LogP contribution in [0.15, 0.2) is 83.9 Å². The summed E-state index contributed by atoms with van der Waals surface area (Å²) in [6, 6.07) is 25.1. The fourth-order valence-corrected chi connectivity index (χ4v) is 4.26. The molecule has 0 fully saturated rings. The minimum atomic E-state index is -0.472. The number of aromatic nitrogens is 1. The van der Waals surface area contributed by atoms with Crippen molar-refractivity contribution >= 4 is 40.2 Å². The quantitative estimate of drug-likeness (QED) is 0.236. The van der Waals surface area contributed by atoms with Crippen molar-refractivity contribution < 1.29 is 14.3 Å². The number of pyridine rings is 1. The smallest absolute Gasteiger partial charge is 0.344 e. The Bertz CT molecular complexity index is 1200. The lowest BCUT2D eigenvalue weighted by molar-refractivity contribution is 0.0590. The topological polar surface area (TPSA) is 48.4 Å². The summed E-state index contributed by atoms with van der Waals surface area (Å²) in [6.07, 6.45) is 0. The molecular formula is C25H20ClNO3S. The molecule has 0 atom stereocenters. The Morgan fingerprint density at radius 2 is 1.65 bits per heavy atom. The summed E-state index contributed by atoms with van der Waals surface area (Å²) in [6.45, 7) is 0.333. The molecule has 0 saturated heterocycles. The highest BCUT2D eigenvalue weighted by atomic mass is 35.5. The van der Waals surface area contributed by atoms with Gasteiger partial charge in [0.05, 0.1) is 12.6 Å². The van der Waals surface area contributed by atoms with Crippen LogP contribution < -0.4 is 4.74 Å². The predicted octanol–water partition coefficient (Wildman–Crippen LogP) is 6.55.